The van der Waals surface area contributed by atoms with Crippen LogP contribution in [-0.4, -0.2) is 37.1 Å². The maximum absolute atomic E-state index is 5.71. The molecule has 0 fully saturated rings. The number of ether oxygens (including phenoxy) is 1. The van der Waals surface area contributed by atoms with Crippen LogP contribution in [0.2, 0.25) is 0 Å². The molecular formula is C12H21N3O. The van der Waals surface area contributed by atoms with E-state index in [-0.39, 0.29) is 6.04 Å². The number of nitrogens with two attached hydrogens (primary N) is 1. The number of aromatic nitrogens is 1. The van der Waals surface area contributed by atoms with Gasteiger partial charge in [-0.25, -0.2) is 0 Å². The van der Waals surface area contributed by atoms with Crippen molar-refractivity contribution >= 4 is 0 Å². The minimum Gasteiger partial charge on any atom is -0.492 e. The molecule has 0 aliphatic rings. The number of rotatable bonds is 6. The molecule has 2 N–H and O–H groups in total. The summed E-state index contributed by atoms with van der Waals surface area (Å²) >= 11 is 0. The molecule has 0 spiro atoms. The van der Waals surface area contributed by atoms with Gasteiger partial charge in [0.05, 0.1) is 18.5 Å². The molecule has 1 aromatic rings. The molecule has 0 saturated carbocycles. The van der Waals surface area contributed by atoms with Crippen LogP contribution in [0.3, 0.4) is 0 Å². The molecule has 1 rings (SSSR count). The van der Waals surface area contributed by atoms with Crippen LogP contribution in [0.4, 0.5) is 0 Å². The smallest absolute Gasteiger partial charge is 0.137 e. The first kappa shape index (κ1) is 12.9. The van der Waals surface area contributed by atoms with Crippen LogP contribution in [0.1, 0.15) is 25.1 Å². The van der Waals surface area contributed by atoms with Gasteiger partial charge < -0.3 is 15.4 Å². The Hall–Kier alpha value is -1.13. The van der Waals surface area contributed by atoms with Gasteiger partial charge in [0.15, 0.2) is 0 Å². The van der Waals surface area contributed by atoms with Gasteiger partial charge in [0.1, 0.15) is 5.75 Å². The van der Waals surface area contributed by atoms with Crippen molar-refractivity contribution in [2.45, 2.75) is 19.4 Å². The molecule has 0 aromatic carbocycles. The SMILES string of the molecule is C[C@H](N)c1ccc(OCCCN(C)C)cn1. The summed E-state index contributed by atoms with van der Waals surface area (Å²) in [5.74, 6) is 0.808. The number of pyridine rings is 1. The summed E-state index contributed by atoms with van der Waals surface area (Å²) in [6, 6.07) is 3.80. The second-order valence-corrected chi connectivity index (χ2v) is 4.21. The minimum absolute atomic E-state index is 0.0252. The zero-order valence-corrected chi connectivity index (χ0v) is 10.3. The maximum Gasteiger partial charge on any atom is 0.137 e. The molecule has 16 heavy (non-hydrogen) atoms. The number of hydrogen-bond donors (Lipinski definition) is 1. The molecule has 0 radical (unpaired) electrons. The average Bonchev–Trinajstić information content (AvgIpc) is 2.25. The molecule has 0 bridgehead atoms. The predicted molar refractivity (Wildman–Crippen MR) is 65.5 cm³/mol. The molecule has 1 atom stereocenters. The van der Waals surface area contributed by atoms with Crippen LogP contribution in [-0.2, 0) is 0 Å². The van der Waals surface area contributed by atoms with Crippen LogP contribution in [0.5, 0.6) is 5.75 Å². The van der Waals surface area contributed by atoms with Gasteiger partial charge in [-0.2, -0.15) is 0 Å². The molecule has 0 amide bonds. The van der Waals surface area contributed by atoms with Crippen LogP contribution >= 0.6 is 0 Å². The second-order valence-electron chi connectivity index (χ2n) is 4.21. The maximum atomic E-state index is 5.71. The van der Waals surface area contributed by atoms with E-state index in [1.165, 1.54) is 0 Å². The highest BCUT2D eigenvalue weighted by molar-refractivity contribution is 5.21. The normalized spacial score (nSPS) is 12.8. The monoisotopic (exact) mass is 223 g/mol. The van der Waals surface area contributed by atoms with Crippen LogP contribution < -0.4 is 10.5 Å². The van der Waals surface area contributed by atoms with Gasteiger partial charge in [-0.05, 0) is 39.6 Å². The van der Waals surface area contributed by atoms with E-state index in [9.17, 15) is 0 Å². The summed E-state index contributed by atoms with van der Waals surface area (Å²) in [6.07, 6.45) is 2.75. The summed E-state index contributed by atoms with van der Waals surface area (Å²) in [6.45, 7) is 3.67. The third-order valence-electron chi connectivity index (χ3n) is 2.24. The van der Waals surface area contributed by atoms with E-state index in [4.69, 9.17) is 10.5 Å². The Balaban J connectivity index is 2.32. The Bertz CT molecular complexity index is 296. The van der Waals surface area contributed by atoms with E-state index in [1.807, 2.05) is 19.1 Å². The van der Waals surface area contributed by atoms with E-state index in [0.29, 0.717) is 0 Å². The lowest BCUT2D eigenvalue weighted by Crippen LogP contribution is -2.15. The Morgan fingerprint density at radius 3 is 2.69 bits per heavy atom. The standard InChI is InChI=1S/C12H21N3O/c1-10(13)12-6-5-11(9-14-12)16-8-4-7-15(2)3/h5-6,9-10H,4,7-8,13H2,1-3H3/t10-/m0/s1. The Kier molecular flexibility index (Phi) is 5.22. The van der Waals surface area contributed by atoms with Crippen molar-refractivity contribution in [1.82, 2.24) is 9.88 Å². The van der Waals surface area contributed by atoms with Crippen LogP contribution in [0.15, 0.2) is 18.3 Å². The summed E-state index contributed by atoms with van der Waals surface area (Å²) < 4.78 is 5.56. The highest BCUT2D eigenvalue weighted by Crippen LogP contribution is 2.12. The van der Waals surface area contributed by atoms with Gasteiger partial charge in [0.25, 0.3) is 0 Å². The summed E-state index contributed by atoms with van der Waals surface area (Å²) in [4.78, 5) is 6.37. The molecule has 0 unspecified atom stereocenters. The molecular weight excluding hydrogens is 202 g/mol. The van der Waals surface area contributed by atoms with Crippen molar-refractivity contribution in [3.8, 4) is 5.75 Å². The quantitative estimate of drug-likeness (QED) is 0.741. The third-order valence-corrected chi connectivity index (χ3v) is 2.24. The van der Waals surface area contributed by atoms with E-state index >= 15 is 0 Å². The zero-order chi connectivity index (χ0) is 12.0. The Labute approximate surface area is 97.4 Å². The molecule has 4 nitrogen and oxygen atoms in total. The second kappa shape index (κ2) is 6.45. The van der Waals surface area contributed by atoms with Gasteiger partial charge in [-0.3, -0.25) is 4.98 Å². The van der Waals surface area contributed by atoms with Crippen molar-refractivity contribution in [1.29, 1.82) is 0 Å². The highest BCUT2D eigenvalue weighted by Gasteiger charge is 2.01. The Morgan fingerprint density at radius 2 is 2.19 bits per heavy atom. The van der Waals surface area contributed by atoms with Crippen LogP contribution in [0.25, 0.3) is 0 Å². The van der Waals surface area contributed by atoms with Crippen LogP contribution in [0, 0.1) is 0 Å². The fourth-order valence-corrected chi connectivity index (χ4v) is 1.32. The molecule has 1 heterocycles. The fraction of sp³-hybridized carbons (Fsp3) is 0.583. The van der Waals surface area contributed by atoms with Gasteiger partial charge in [0.2, 0.25) is 0 Å². The first-order valence-corrected chi connectivity index (χ1v) is 5.58. The number of nitrogens with zero attached hydrogens (tertiary/aromatic N) is 2. The van der Waals surface area contributed by atoms with Gasteiger partial charge >= 0.3 is 0 Å². The molecule has 90 valence electrons. The van der Waals surface area contributed by atoms with Crippen molar-refractivity contribution in [2.24, 2.45) is 5.73 Å². The lowest BCUT2D eigenvalue weighted by molar-refractivity contribution is 0.280. The minimum atomic E-state index is -0.0252. The average molecular weight is 223 g/mol. The molecule has 0 saturated heterocycles. The third kappa shape index (κ3) is 4.59. The predicted octanol–water partition coefficient (Wildman–Crippen LogP) is 1.43. The first-order valence-electron chi connectivity index (χ1n) is 5.58. The molecule has 0 aliphatic carbocycles. The summed E-state index contributed by atoms with van der Waals surface area (Å²) in [5, 5.41) is 0. The Morgan fingerprint density at radius 1 is 1.44 bits per heavy atom. The summed E-state index contributed by atoms with van der Waals surface area (Å²) in [7, 11) is 4.11. The van der Waals surface area contributed by atoms with Gasteiger partial charge in [-0.15, -0.1) is 0 Å². The highest BCUT2D eigenvalue weighted by atomic mass is 16.5. The molecule has 4 heteroatoms. The van der Waals surface area contributed by atoms with E-state index in [2.05, 4.69) is 24.0 Å². The molecule has 1 aromatic heterocycles. The van der Waals surface area contributed by atoms with Gasteiger partial charge in [-0.1, -0.05) is 0 Å². The van der Waals surface area contributed by atoms with Crippen molar-refractivity contribution < 1.29 is 4.74 Å². The van der Waals surface area contributed by atoms with Gasteiger partial charge in [0, 0.05) is 12.6 Å². The topological polar surface area (TPSA) is 51.4 Å². The zero-order valence-electron chi connectivity index (χ0n) is 10.3. The first-order chi connectivity index (χ1) is 7.59. The fourth-order valence-electron chi connectivity index (χ4n) is 1.32. The number of hydrogen-bond acceptors (Lipinski definition) is 4. The largest absolute Gasteiger partial charge is 0.492 e. The van der Waals surface area contributed by atoms with Crippen molar-refractivity contribution in [3.05, 3.63) is 24.0 Å². The van der Waals surface area contributed by atoms with Crippen molar-refractivity contribution in [2.75, 3.05) is 27.2 Å². The lowest BCUT2D eigenvalue weighted by atomic mass is 10.2. The lowest BCUT2D eigenvalue weighted by Gasteiger charge is -2.10. The summed E-state index contributed by atoms with van der Waals surface area (Å²) in [5.41, 5.74) is 6.60. The van der Waals surface area contributed by atoms with E-state index in [1.54, 1.807) is 6.20 Å². The van der Waals surface area contributed by atoms with E-state index in [0.717, 1.165) is 31.0 Å². The van der Waals surface area contributed by atoms with Crippen molar-refractivity contribution in [3.63, 3.8) is 0 Å². The molecule has 0 aliphatic heterocycles. The van der Waals surface area contributed by atoms with E-state index < -0.39 is 0 Å².